The molecule has 0 aliphatic rings. The number of hydrogen-bond acceptors (Lipinski definition) is 1. The van der Waals surface area contributed by atoms with Crippen LogP contribution < -0.4 is 0 Å². The first-order valence-corrected chi connectivity index (χ1v) is 3.08. The monoisotopic (exact) mass is 225 g/mol. The molecule has 0 aromatic heterocycles. The van der Waals surface area contributed by atoms with Gasteiger partial charge in [-0.25, -0.2) is 0 Å². The van der Waals surface area contributed by atoms with Crippen LogP contribution in [0.2, 0.25) is 0 Å². The molecule has 0 rings (SSSR count). The second-order valence-electron chi connectivity index (χ2n) is 2.11. The van der Waals surface area contributed by atoms with E-state index in [1.807, 2.05) is 0 Å². The molecule has 0 bridgehead atoms. The molecule has 0 saturated carbocycles. The van der Waals surface area contributed by atoms with Crippen LogP contribution in [-0.4, -0.2) is 12.0 Å². The van der Waals surface area contributed by atoms with Gasteiger partial charge in [0.25, 0.3) is 0 Å². The van der Waals surface area contributed by atoms with E-state index >= 15 is 0 Å². The summed E-state index contributed by atoms with van der Waals surface area (Å²) >= 11 is 0. The van der Waals surface area contributed by atoms with Crippen LogP contribution in [-0.2, 0) is 4.74 Å². The van der Waals surface area contributed by atoms with E-state index in [2.05, 4.69) is 11.7 Å². The summed E-state index contributed by atoms with van der Waals surface area (Å²) in [7, 11) is 0. The molecule has 0 aromatic carbocycles. The number of ether oxygens (including phenoxy) is 1. The van der Waals surface area contributed by atoms with Crippen molar-refractivity contribution in [3.63, 3.8) is 0 Å². The minimum atomic E-state index is -5.36. The quantitative estimate of drug-likeness (QED) is 0.525. The highest BCUT2D eigenvalue weighted by molar-refractivity contribution is 4.87. The summed E-state index contributed by atoms with van der Waals surface area (Å²) in [5.74, 6) is -4.82. The van der Waals surface area contributed by atoms with Crippen molar-refractivity contribution in [2.75, 3.05) is 0 Å². The first kappa shape index (κ1) is 13.1. The first-order valence-electron chi connectivity index (χ1n) is 3.08. The summed E-state index contributed by atoms with van der Waals surface area (Å²) < 4.78 is 85.5. The van der Waals surface area contributed by atoms with Crippen molar-refractivity contribution in [1.29, 1.82) is 0 Å². The van der Waals surface area contributed by atoms with Crippen LogP contribution in [0.3, 0.4) is 0 Å². The van der Waals surface area contributed by atoms with E-state index < -0.39 is 30.5 Å². The third-order valence-electron chi connectivity index (χ3n) is 1.11. The number of alkyl halides is 4. The molecule has 0 aliphatic carbocycles. The molecule has 83 valence electrons. The number of halogens is 7. The first-order chi connectivity index (χ1) is 6.14. The van der Waals surface area contributed by atoms with E-state index in [9.17, 15) is 30.7 Å². The van der Waals surface area contributed by atoms with Crippen molar-refractivity contribution in [1.82, 2.24) is 0 Å². The molecule has 0 aromatic rings. The molecule has 1 radical (unpaired) electrons. The van der Waals surface area contributed by atoms with Gasteiger partial charge in [-0.15, -0.1) is 0 Å². The maximum absolute atomic E-state index is 12.2. The zero-order chi connectivity index (χ0) is 11.6. The van der Waals surface area contributed by atoms with Gasteiger partial charge in [-0.2, -0.15) is 30.7 Å². The largest absolute Gasteiger partial charge is 0.466 e. The maximum Gasteiger partial charge on any atom is 0.466 e. The highest BCUT2D eigenvalue weighted by Gasteiger charge is 2.58. The summed E-state index contributed by atoms with van der Waals surface area (Å²) in [6.45, 7) is 2.44. The lowest BCUT2D eigenvalue weighted by atomic mass is 10.2. The summed E-state index contributed by atoms with van der Waals surface area (Å²) in [6.07, 6.45) is -10.2. The van der Waals surface area contributed by atoms with E-state index in [-0.39, 0.29) is 0 Å². The van der Waals surface area contributed by atoms with Gasteiger partial charge in [-0.3, -0.25) is 0 Å². The molecule has 1 nitrogen and oxygen atoms in total. The standard InChI is InChI=1S/C6H4F7O/c1-2-5(10,11)6(12,13)14-4(9)3(7)8/h1-2H2. The number of rotatable bonds is 4. The van der Waals surface area contributed by atoms with E-state index in [1.165, 1.54) is 0 Å². The molecule has 0 saturated heterocycles. The maximum atomic E-state index is 12.2. The second kappa shape index (κ2) is 4.05. The molecule has 0 atom stereocenters. The second-order valence-corrected chi connectivity index (χ2v) is 2.11. The average Bonchev–Trinajstić information content (AvgIpc) is 2.03. The van der Waals surface area contributed by atoms with Crippen LogP contribution in [0.25, 0.3) is 0 Å². The van der Waals surface area contributed by atoms with E-state index in [0.717, 1.165) is 0 Å². The van der Waals surface area contributed by atoms with Crippen LogP contribution in [0.1, 0.15) is 6.42 Å². The van der Waals surface area contributed by atoms with Crippen LogP contribution in [0.15, 0.2) is 12.1 Å². The minimum absolute atomic E-state index is 1.62. The Bertz CT molecular complexity index is 230. The molecular weight excluding hydrogens is 221 g/mol. The highest BCUT2D eigenvalue weighted by atomic mass is 19.3. The van der Waals surface area contributed by atoms with Crippen LogP contribution in [0, 0.1) is 6.92 Å². The van der Waals surface area contributed by atoms with Crippen molar-refractivity contribution < 1.29 is 35.5 Å². The van der Waals surface area contributed by atoms with Crippen LogP contribution in [0.4, 0.5) is 30.7 Å². The molecule has 0 unspecified atom stereocenters. The molecule has 14 heavy (non-hydrogen) atoms. The molecule has 0 aliphatic heterocycles. The van der Waals surface area contributed by atoms with Gasteiger partial charge >= 0.3 is 24.1 Å². The summed E-state index contributed by atoms with van der Waals surface area (Å²) in [6, 6.07) is -3.04. The van der Waals surface area contributed by atoms with Gasteiger partial charge in [-0.1, -0.05) is 0 Å². The molecule has 8 heteroatoms. The molecule has 0 amide bonds. The Hall–Kier alpha value is -0.950. The smallest absolute Gasteiger partial charge is 0.398 e. The van der Waals surface area contributed by atoms with Crippen molar-refractivity contribution in [2.24, 2.45) is 0 Å². The average molecular weight is 225 g/mol. The highest BCUT2D eigenvalue weighted by Crippen LogP contribution is 2.39. The van der Waals surface area contributed by atoms with Crippen LogP contribution >= 0.6 is 0 Å². The molecule has 0 fully saturated rings. The lowest BCUT2D eigenvalue weighted by molar-refractivity contribution is -0.339. The zero-order valence-corrected chi connectivity index (χ0v) is 6.47. The van der Waals surface area contributed by atoms with Gasteiger partial charge in [0.05, 0.1) is 0 Å². The predicted molar refractivity (Wildman–Crippen MR) is 31.3 cm³/mol. The van der Waals surface area contributed by atoms with E-state index in [0.29, 0.717) is 0 Å². The van der Waals surface area contributed by atoms with Gasteiger partial charge in [0.15, 0.2) is 0 Å². The van der Waals surface area contributed by atoms with Gasteiger partial charge in [-0.05, 0) is 6.92 Å². The summed E-state index contributed by atoms with van der Waals surface area (Å²) in [4.78, 5) is 0. The predicted octanol–water partition coefficient (Wildman–Crippen LogP) is 3.49. The van der Waals surface area contributed by atoms with Crippen molar-refractivity contribution in [3.8, 4) is 0 Å². The molecule has 0 spiro atoms. The Kier molecular flexibility index (Phi) is 3.78. The Morgan fingerprint density at radius 3 is 1.79 bits per heavy atom. The van der Waals surface area contributed by atoms with Gasteiger partial charge in [0.2, 0.25) is 0 Å². The molecular formula is C6H4F7O. The van der Waals surface area contributed by atoms with Crippen molar-refractivity contribution in [3.05, 3.63) is 19.0 Å². The van der Waals surface area contributed by atoms with Crippen molar-refractivity contribution >= 4 is 0 Å². The van der Waals surface area contributed by atoms with E-state index in [1.54, 1.807) is 0 Å². The van der Waals surface area contributed by atoms with Crippen molar-refractivity contribution in [2.45, 2.75) is 18.5 Å². The lowest BCUT2D eigenvalue weighted by Gasteiger charge is -2.23. The van der Waals surface area contributed by atoms with Gasteiger partial charge in [0.1, 0.15) is 0 Å². The Morgan fingerprint density at radius 2 is 1.50 bits per heavy atom. The van der Waals surface area contributed by atoms with E-state index in [4.69, 9.17) is 0 Å². The minimum Gasteiger partial charge on any atom is -0.398 e. The SMILES string of the molecule is [CH2]CC(F)(F)C(F)(F)OC(F)=C(F)F. The fraction of sp³-hybridized carbons (Fsp3) is 0.500. The fourth-order valence-corrected chi connectivity index (χ4v) is 0.371. The fourth-order valence-electron chi connectivity index (χ4n) is 0.371. The molecule has 0 heterocycles. The zero-order valence-electron chi connectivity index (χ0n) is 6.47. The number of hydrogen-bond donors (Lipinski definition) is 0. The molecule has 0 N–H and O–H groups in total. The lowest BCUT2D eigenvalue weighted by Crippen LogP contribution is -2.41. The van der Waals surface area contributed by atoms with Crippen LogP contribution in [0.5, 0.6) is 0 Å². The third-order valence-corrected chi connectivity index (χ3v) is 1.11. The Labute approximate surface area is 74.1 Å². The topological polar surface area (TPSA) is 9.23 Å². The Balaban J connectivity index is 4.74. The third kappa shape index (κ3) is 2.78. The van der Waals surface area contributed by atoms with Gasteiger partial charge < -0.3 is 4.74 Å². The normalized spacial score (nSPS) is 12.6. The van der Waals surface area contributed by atoms with Gasteiger partial charge in [0, 0.05) is 6.42 Å². The summed E-state index contributed by atoms with van der Waals surface area (Å²) in [5, 5.41) is 0. The Morgan fingerprint density at radius 1 is 1.07 bits per heavy atom. The summed E-state index contributed by atoms with van der Waals surface area (Å²) in [5.41, 5.74) is 0.